The van der Waals surface area contributed by atoms with Crippen molar-refractivity contribution in [2.24, 2.45) is 5.92 Å². The quantitative estimate of drug-likeness (QED) is 0.460. The molecule has 0 spiro atoms. The minimum absolute atomic E-state index is 0.0756. The first-order valence-corrected chi connectivity index (χ1v) is 12.7. The number of halogens is 5. The van der Waals surface area contributed by atoms with Crippen LogP contribution in [0.3, 0.4) is 0 Å². The standard InChI is InChI=1S/C27H32F5N3O2/c1-16-9-23-24(19-5-2-3-6-22(19)33-23)26(35(16)14-27(31,32)15-36)25-20(29)10-17(11-21(25)30)37-18-12-34(13-18)8-4-7-28/h2-3,5-6,10-11,16,18,20,25-26,33,36H,4,7-9,12-15H2,1H3/t16-,20?,25?,26?/m1/s1. The molecule has 1 aromatic carbocycles. The maximum Gasteiger partial charge on any atom is 0.283 e. The topological polar surface area (TPSA) is 51.7 Å². The predicted molar refractivity (Wildman–Crippen MR) is 131 cm³/mol. The van der Waals surface area contributed by atoms with Gasteiger partial charge in [0.25, 0.3) is 5.92 Å². The number of allylic oxidation sites excluding steroid dienone is 2. The van der Waals surface area contributed by atoms with Crippen LogP contribution in [-0.2, 0) is 11.2 Å². The van der Waals surface area contributed by atoms with E-state index in [1.165, 1.54) is 11.0 Å². The van der Waals surface area contributed by atoms with E-state index >= 15 is 8.78 Å². The van der Waals surface area contributed by atoms with Crippen molar-refractivity contribution in [2.75, 3.05) is 39.5 Å². The van der Waals surface area contributed by atoms with E-state index in [-0.39, 0.29) is 11.9 Å². The maximum absolute atomic E-state index is 15.8. The summed E-state index contributed by atoms with van der Waals surface area (Å²) in [7, 11) is 0. The number of aromatic amines is 1. The fraction of sp³-hybridized carbons (Fsp3) is 0.556. The Bertz CT molecular complexity index is 1180. The van der Waals surface area contributed by atoms with Crippen LogP contribution in [0, 0.1) is 5.92 Å². The van der Waals surface area contributed by atoms with Crippen molar-refractivity contribution in [3.63, 3.8) is 0 Å². The van der Waals surface area contributed by atoms with E-state index in [2.05, 4.69) is 4.98 Å². The van der Waals surface area contributed by atoms with E-state index in [0.29, 0.717) is 38.0 Å². The Morgan fingerprint density at radius 3 is 2.68 bits per heavy atom. The van der Waals surface area contributed by atoms with Gasteiger partial charge in [-0.3, -0.25) is 14.2 Å². The van der Waals surface area contributed by atoms with Gasteiger partial charge >= 0.3 is 0 Å². The van der Waals surface area contributed by atoms with E-state index in [9.17, 15) is 18.3 Å². The number of ether oxygens (including phenoxy) is 1. The molecule has 1 fully saturated rings. The van der Waals surface area contributed by atoms with Gasteiger partial charge in [-0.25, -0.2) is 17.6 Å². The van der Waals surface area contributed by atoms with Gasteiger partial charge in [0, 0.05) is 60.8 Å². The van der Waals surface area contributed by atoms with Gasteiger partial charge in [0.05, 0.1) is 19.1 Å². The van der Waals surface area contributed by atoms with E-state index < -0.39 is 55.7 Å². The van der Waals surface area contributed by atoms with Crippen LogP contribution in [0.2, 0.25) is 0 Å². The molecule has 2 aliphatic heterocycles. The molecule has 1 aliphatic carbocycles. The number of nitrogens with zero attached hydrogens (tertiary/aromatic N) is 2. The first-order valence-electron chi connectivity index (χ1n) is 12.7. The van der Waals surface area contributed by atoms with Crippen molar-refractivity contribution in [3.05, 3.63) is 59.3 Å². The Hall–Kier alpha value is -2.43. The number of alkyl halides is 4. The molecular weight excluding hydrogens is 493 g/mol. The lowest BCUT2D eigenvalue weighted by Crippen LogP contribution is -2.53. The summed E-state index contributed by atoms with van der Waals surface area (Å²) < 4.78 is 78.6. The Morgan fingerprint density at radius 2 is 1.97 bits per heavy atom. The predicted octanol–water partition coefficient (Wildman–Crippen LogP) is 4.85. The lowest BCUT2D eigenvalue weighted by Gasteiger charge is -2.46. The molecule has 0 amide bonds. The molecule has 5 rings (SSSR count). The third kappa shape index (κ3) is 5.15. The van der Waals surface area contributed by atoms with Crippen LogP contribution in [0.5, 0.6) is 0 Å². The lowest BCUT2D eigenvalue weighted by atomic mass is 9.79. The Kier molecular flexibility index (Phi) is 7.35. The van der Waals surface area contributed by atoms with Gasteiger partial charge in [-0.15, -0.1) is 0 Å². The fourth-order valence-electron chi connectivity index (χ4n) is 5.87. The number of hydrogen-bond donors (Lipinski definition) is 2. The van der Waals surface area contributed by atoms with Crippen LogP contribution in [0.15, 0.2) is 48.0 Å². The van der Waals surface area contributed by atoms with Gasteiger partial charge < -0.3 is 14.8 Å². The Labute approximate surface area is 212 Å². The molecule has 1 saturated heterocycles. The number of aliphatic hydroxyl groups is 1. The highest BCUT2D eigenvalue weighted by atomic mass is 19.3. The van der Waals surface area contributed by atoms with Gasteiger partial charge in [0.15, 0.2) is 0 Å². The summed E-state index contributed by atoms with van der Waals surface area (Å²) >= 11 is 0. The SMILES string of the molecule is C[C@@H]1Cc2[nH]c3ccccc3c2C(C2C(F)=CC(OC3CN(CCCF)C3)=CC2F)N1CC(F)(F)CO. The van der Waals surface area contributed by atoms with Gasteiger partial charge in [-0.1, -0.05) is 18.2 Å². The number of fused-ring (bicyclic) bond motifs is 3. The highest BCUT2D eigenvalue weighted by Crippen LogP contribution is 2.48. The zero-order chi connectivity index (χ0) is 26.3. The molecule has 3 unspecified atom stereocenters. The molecule has 5 nitrogen and oxygen atoms in total. The summed E-state index contributed by atoms with van der Waals surface area (Å²) in [5.74, 6) is -5.48. The summed E-state index contributed by atoms with van der Waals surface area (Å²) in [5.41, 5.74) is 2.16. The van der Waals surface area contributed by atoms with Crippen molar-refractivity contribution < 1.29 is 31.8 Å². The molecule has 0 saturated carbocycles. The summed E-state index contributed by atoms with van der Waals surface area (Å²) in [6.07, 6.45) is 1.15. The smallest absolute Gasteiger partial charge is 0.283 e. The van der Waals surface area contributed by atoms with Crippen LogP contribution in [-0.4, -0.2) is 83.6 Å². The zero-order valence-corrected chi connectivity index (χ0v) is 20.6. The molecule has 3 aliphatic rings. The summed E-state index contributed by atoms with van der Waals surface area (Å²) in [4.78, 5) is 6.75. The lowest BCUT2D eigenvalue weighted by molar-refractivity contribution is -0.0967. The van der Waals surface area contributed by atoms with E-state index in [1.807, 2.05) is 23.1 Å². The second-order valence-corrected chi connectivity index (χ2v) is 10.4. The van der Waals surface area contributed by atoms with Gasteiger partial charge in [-0.05, 0) is 31.1 Å². The van der Waals surface area contributed by atoms with Crippen molar-refractivity contribution in [2.45, 2.75) is 50.0 Å². The Balaban J connectivity index is 1.44. The van der Waals surface area contributed by atoms with Gasteiger partial charge in [-0.2, -0.15) is 0 Å². The third-order valence-corrected chi connectivity index (χ3v) is 7.63. The molecule has 37 heavy (non-hydrogen) atoms. The molecule has 1 aromatic heterocycles. The second-order valence-electron chi connectivity index (χ2n) is 10.4. The molecule has 202 valence electrons. The minimum atomic E-state index is -3.43. The van der Waals surface area contributed by atoms with Crippen LogP contribution >= 0.6 is 0 Å². The van der Waals surface area contributed by atoms with E-state index in [1.54, 1.807) is 13.0 Å². The van der Waals surface area contributed by atoms with E-state index in [4.69, 9.17) is 4.74 Å². The largest absolute Gasteiger partial charge is 0.488 e. The molecule has 3 heterocycles. The van der Waals surface area contributed by atoms with Crippen molar-refractivity contribution >= 4 is 10.9 Å². The number of rotatable bonds is 9. The van der Waals surface area contributed by atoms with Crippen LogP contribution in [0.25, 0.3) is 10.9 Å². The number of H-pyrrole nitrogens is 1. The minimum Gasteiger partial charge on any atom is -0.488 e. The zero-order valence-electron chi connectivity index (χ0n) is 20.6. The first-order chi connectivity index (χ1) is 17.7. The van der Waals surface area contributed by atoms with Crippen LogP contribution < -0.4 is 0 Å². The van der Waals surface area contributed by atoms with Crippen LogP contribution in [0.4, 0.5) is 22.0 Å². The molecule has 10 heteroatoms. The summed E-state index contributed by atoms with van der Waals surface area (Å²) in [6, 6.07) is 5.85. The average Bonchev–Trinajstić information content (AvgIpc) is 3.19. The summed E-state index contributed by atoms with van der Waals surface area (Å²) in [6.45, 7) is 0.885. The second kappa shape index (κ2) is 10.4. The van der Waals surface area contributed by atoms with Gasteiger partial charge in [0.1, 0.15) is 30.5 Å². The summed E-state index contributed by atoms with van der Waals surface area (Å²) in [5, 5.41) is 10.00. The van der Waals surface area contributed by atoms with Crippen molar-refractivity contribution in [3.8, 4) is 0 Å². The molecule has 4 atom stereocenters. The normalized spacial score (nSPS) is 27.5. The molecule has 2 aromatic rings. The molecule has 2 N–H and O–H groups in total. The maximum atomic E-state index is 15.8. The first kappa shape index (κ1) is 26.2. The highest BCUT2D eigenvalue weighted by molar-refractivity contribution is 5.85. The number of likely N-dealkylation sites (tertiary alicyclic amines) is 1. The monoisotopic (exact) mass is 525 g/mol. The van der Waals surface area contributed by atoms with Crippen LogP contribution in [0.1, 0.15) is 30.6 Å². The average molecular weight is 526 g/mol. The molecule has 0 radical (unpaired) electrons. The van der Waals surface area contributed by atoms with Crippen molar-refractivity contribution in [1.29, 1.82) is 0 Å². The van der Waals surface area contributed by atoms with E-state index in [0.717, 1.165) is 22.7 Å². The highest BCUT2D eigenvalue weighted by Gasteiger charge is 2.48. The number of aliphatic hydroxyl groups excluding tert-OH is 1. The number of nitrogens with one attached hydrogen (secondary N) is 1. The van der Waals surface area contributed by atoms with Gasteiger partial charge in [0.2, 0.25) is 0 Å². The number of benzene rings is 1. The van der Waals surface area contributed by atoms with Crippen molar-refractivity contribution in [1.82, 2.24) is 14.8 Å². The Morgan fingerprint density at radius 1 is 1.22 bits per heavy atom. The molecule has 0 bridgehead atoms. The third-order valence-electron chi connectivity index (χ3n) is 7.63. The molecular formula is C27H32F5N3O2. The number of para-hydroxylation sites is 1. The number of aromatic nitrogens is 1. The number of hydrogen-bond acceptors (Lipinski definition) is 4. The fourth-order valence-corrected chi connectivity index (χ4v) is 5.87.